The normalized spacial score (nSPS) is 28.0. The van der Waals surface area contributed by atoms with Crippen LogP contribution in [0.15, 0.2) is 57.0 Å². The van der Waals surface area contributed by atoms with E-state index in [0.717, 1.165) is 49.0 Å². The Hall–Kier alpha value is -0.990. The molecule has 10 heteroatoms. The van der Waals surface area contributed by atoms with E-state index in [9.17, 15) is 21.6 Å². The average Bonchev–Trinajstić information content (AvgIpc) is 3.35. The largest absolute Gasteiger partial charge is 0.501 e. The van der Waals surface area contributed by atoms with Gasteiger partial charge in [-0.1, -0.05) is 58.6 Å². The van der Waals surface area contributed by atoms with Gasteiger partial charge in [0.2, 0.25) is 0 Å². The summed E-state index contributed by atoms with van der Waals surface area (Å²) in [6.07, 6.45) is 6.90. The lowest BCUT2D eigenvalue weighted by molar-refractivity contribution is -0.0436. The first kappa shape index (κ1) is 23.2. The van der Waals surface area contributed by atoms with E-state index in [1.54, 1.807) is 12.2 Å². The molecule has 4 rings (SSSR count). The number of rotatable bonds is 4. The first-order chi connectivity index (χ1) is 14.3. The highest BCUT2D eigenvalue weighted by atomic mass is 35.5. The molecule has 31 heavy (non-hydrogen) atoms. The number of hydrogen-bond donors (Lipinski definition) is 0. The Morgan fingerprint density at radius 2 is 1.71 bits per heavy atom. The van der Waals surface area contributed by atoms with Gasteiger partial charge in [-0.25, -0.2) is 8.42 Å². The second kappa shape index (κ2) is 7.52. The molecule has 1 aromatic carbocycles. The Kier molecular flexibility index (Phi) is 5.62. The summed E-state index contributed by atoms with van der Waals surface area (Å²) < 4.78 is 67.1. The standard InChI is InChI=1S/C21H18Cl3F3O3S/c1-30-20(24)11-17(22)14(8-18(20)23)16-10-19(6-7-19)9-15(16)12-2-4-13(5-3-12)31(28,29)21(25,26)27/h2-5,8,11,14H,6-7,9-10H2,1H3. The summed E-state index contributed by atoms with van der Waals surface area (Å²) in [5.74, 6) is -0.329. The smallest absolute Gasteiger partial charge is 0.354 e. The van der Waals surface area contributed by atoms with Gasteiger partial charge in [0.15, 0.2) is 5.06 Å². The molecular weight excluding hydrogens is 496 g/mol. The highest BCUT2D eigenvalue weighted by Gasteiger charge is 2.50. The lowest BCUT2D eigenvalue weighted by atomic mass is 9.88. The average molecular weight is 514 g/mol. The minimum atomic E-state index is -5.39. The van der Waals surface area contributed by atoms with E-state index in [1.807, 2.05) is 0 Å². The van der Waals surface area contributed by atoms with Crippen molar-refractivity contribution in [2.24, 2.45) is 11.3 Å². The highest BCUT2D eigenvalue weighted by Crippen LogP contribution is 2.64. The fraction of sp³-hybridized carbons (Fsp3) is 0.429. The first-order valence-corrected chi connectivity index (χ1v) is 12.1. The van der Waals surface area contributed by atoms with Crippen LogP contribution in [0.5, 0.6) is 0 Å². The molecule has 0 heterocycles. The Bertz CT molecular complexity index is 1120. The van der Waals surface area contributed by atoms with Crippen molar-refractivity contribution < 1.29 is 26.3 Å². The van der Waals surface area contributed by atoms with E-state index < -0.39 is 25.3 Å². The van der Waals surface area contributed by atoms with E-state index in [1.165, 1.54) is 19.2 Å². The maximum atomic E-state index is 12.8. The predicted octanol–water partition coefficient (Wildman–Crippen LogP) is 6.76. The molecule has 2 unspecified atom stereocenters. The minimum Gasteiger partial charge on any atom is -0.354 e. The summed E-state index contributed by atoms with van der Waals surface area (Å²) in [5.41, 5.74) is -2.59. The van der Waals surface area contributed by atoms with Crippen LogP contribution in [0.3, 0.4) is 0 Å². The second-order valence-electron chi connectivity index (χ2n) is 8.20. The van der Waals surface area contributed by atoms with Crippen molar-refractivity contribution in [2.75, 3.05) is 7.11 Å². The molecule has 3 aliphatic carbocycles. The van der Waals surface area contributed by atoms with Crippen LogP contribution in [-0.4, -0.2) is 26.1 Å². The molecular formula is C21H18Cl3F3O3S. The molecule has 2 atom stereocenters. The number of ether oxygens (including phenoxy) is 1. The number of allylic oxidation sites excluding steroid dienone is 4. The number of hydrogen-bond acceptors (Lipinski definition) is 3. The van der Waals surface area contributed by atoms with Crippen molar-refractivity contribution in [3.63, 3.8) is 0 Å². The van der Waals surface area contributed by atoms with Gasteiger partial charge in [0.05, 0.1) is 9.93 Å². The number of halogens is 6. The van der Waals surface area contributed by atoms with Gasteiger partial charge in [0, 0.05) is 18.1 Å². The van der Waals surface area contributed by atoms with Crippen LogP contribution in [0.2, 0.25) is 0 Å². The SMILES string of the molecule is COC1(Cl)C=C(Cl)C(C2=C(c3ccc(S(=O)(=O)C(F)(F)F)cc3)CC3(CC3)C2)C=C1Cl. The Labute approximate surface area is 193 Å². The lowest BCUT2D eigenvalue weighted by Crippen LogP contribution is -2.26. The molecule has 3 nitrogen and oxygen atoms in total. The van der Waals surface area contributed by atoms with E-state index in [0.29, 0.717) is 10.6 Å². The van der Waals surface area contributed by atoms with Crippen molar-refractivity contribution >= 4 is 50.2 Å². The van der Waals surface area contributed by atoms with Gasteiger partial charge in [-0.2, -0.15) is 13.2 Å². The highest BCUT2D eigenvalue weighted by molar-refractivity contribution is 7.92. The summed E-state index contributed by atoms with van der Waals surface area (Å²) in [7, 11) is -3.98. The van der Waals surface area contributed by atoms with Crippen LogP contribution < -0.4 is 0 Å². The first-order valence-electron chi connectivity index (χ1n) is 9.46. The Morgan fingerprint density at radius 1 is 1.10 bits per heavy atom. The molecule has 1 spiro atoms. The summed E-state index contributed by atoms with van der Waals surface area (Å²) in [4.78, 5) is -0.782. The van der Waals surface area contributed by atoms with Gasteiger partial charge >= 0.3 is 5.51 Å². The number of alkyl halides is 4. The summed E-state index contributed by atoms with van der Waals surface area (Å²) in [5, 5.41) is -0.608. The van der Waals surface area contributed by atoms with Crippen LogP contribution >= 0.6 is 34.8 Å². The molecule has 0 amide bonds. The van der Waals surface area contributed by atoms with Crippen LogP contribution in [0.25, 0.3) is 5.57 Å². The van der Waals surface area contributed by atoms with E-state index in [-0.39, 0.29) is 16.4 Å². The second-order valence-corrected chi connectivity index (χ2v) is 11.5. The third kappa shape index (κ3) is 3.97. The third-order valence-electron chi connectivity index (χ3n) is 6.21. The monoisotopic (exact) mass is 512 g/mol. The van der Waals surface area contributed by atoms with Gasteiger partial charge < -0.3 is 4.74 Å². The maximum Gasteiger partial charge on any atom is 0.501 e. The maximum absolute atomic E-state index is 12.8. The van der Waals surface area contributed by atoms with Crippen LogP contribution in [0.4, 0.5) is 13.2 Å². The molecule has 0 saturated heterocycles. The molecule has 1 fully saturated rings. The minimum absolute atomic E-state index is 0.121. The van der Waals surface area contributed by atoms with Gasteiger partial charge in [-0.3, -0.25) is 0 Å². The molecule has 168 valence electrons. The zero-order chi connectivity index (χ0) is 22.8. The number of benzene rings is 1. The third-order valence-corrected chi connectivity index (χ3v) is 9.03. The van der Waals surface area contributed by atoms with E-state index in [4.69, 9.17) is 39.5 Å². The number of methoxy groups -OCH3 is 1. The van der Waals surface area contributed by atoms with Gasteiger partial charge in [-0.15, -0.1) is 0 Å². The zero-order valence-corrected chi connectivity index (χ0v) is 19.4. The fourth-order valence-corrected chi connectivity index (χ4v) is 5.85. The molecule has 1 aromatic rings. The van der Waals surface area contributed by atoms with E-state index >= 15 is 0 Å². The van der Waals surface area contributed by atoms with Gasteiger partial charge in [-0.05, 0) is 60.4 Å². The summed E-state index contributed by atoms with van der Waals surface area (Å²) in [6.45, 7) is 0. The van der Waals surface area contributed by atoms with Crippen molar-refractivity contribution in [3.05, 3.63) is 57.6 Å². The Balaban J connectivity index is 1.74. The van der Waals surface area contributed by atoms with Gasteiger partial charge in [0.25, 0.3) is 9.84 Å². The Morgan fingerprint density at radius 3 is 2.23 bits per heavy atom. The van der Waals surface area contributed by atoms with Crippen LogP contribution in [0.1, 0.15) is 31.2 Å². The zero-order valence-electron chi connectivity index (χ0n) is 16.3. The van der Waals surface area contributed by atoms with Crippen molar-refractivity contribution in [1.29, 1.82) is 0 Å². The summed E-state index contributed by atoms with van der Waals surface area (Å²) >= 11 is 19.3. The van der Waals surface area contributed by atoms with Crippen LogP contribution in [-0.2, 0) is 14.6 Å². The summed E-state index contributed by atoms with van der Waals surface area (Å²) in [6, 6.07) is 4.83. The van der Waals surface area contributed by atoms with Crippen molar-refractivity contribution in [2.45, 2.75) is 41.1 Å². The lowest BCUT2D eigenvalue weighted by Gasteiger charge is -2.30. The number of sulfone groups is 1. The van der Waals surface area contributed by atoms with E-state index in [2.05, 4.69) is 0 Å². The van der Waals surface area contributed by atoms with Crippen molar-refractivity contribution in [1.82, 2.24) is 0 Å². The molecule has 0 radical (unpaired) electrons. The molecule has 0 aromatic heterocycles. The predicted molar refractivity (Wildman–Crippen MR) is 114 cm³/mol. The quantitative estimate of drug-likeness (QED) is 0.418. The molecule has 1 saturated carbocycles. The van der Waals surface area contributed by atoms with Crippen molar-refractivity contribution in [3.8, 4) is 0 Å². The molecule has 3 aliphatic rings. The van der Waals surface area contributed by atoms with Crippen LogP contribution in [0, 0.1) is 11.3 Å². The topological polar surface area (TPSA) is 43.4 Å². The fourth-order valence-electron chi connectivity index (χ4n) is 4.25. The molecule has 0 N–H and O–H groups in total. The van der Waals surface area contributed by atoms with Gasteiger partial charge in [0.1, 0.15) is 0 Å². The molecule has 0 bridgehead atoms. The molecule has 0 aliphatic heterocycles.